The molecule has 0 saturated heterocycles. The molecule has 2 heterocycles. The van der Waals surface area contributed by atoms with Crippen LogP contribution < -0.4 is 14.8 Å². The fourth-order valence-corrected chi connectivity index (χ4v) is 4.01. The fourth-order valence-electron chi connectivity index (χ4n) is 3.07. The molecular formula is C23H22N4O3S2. The van der Waals surface area contributed by atoms with E-state index in [0.29, 0.717) is 35.1 Å². The molecule has 164 valence electrons. The van der Waals surface area contributed by atoms with E-state index in [-0.39, 0.29) is 12.3 Å². The number of aromatic amines is 1. The molecule has 0 aliphatic heterocycles. The second kappa shape index (κ2) is 10.3. The molecule has 0 aliphatic carbocycles. The van der Waals surface area contributed by atoms with E-state index in [1.165, 1.54) is 0 Å². The van der Waals surface area contributed by atoms with Crippen molar-refractivity contribution >= 4 is 35.1 Å². The molecule has 2 aromatic carbocycles. The SMILES string of the molecule is CCOc1ccc(Oc2ccc(NC(=O)CCn3c(-c4cccs4)n[nH]c3=S)cc2)cc1. The summed E-state index contributed by atoms with van der Waals surface area (Å²) in [5.74, 6) is 2.83. The number of amides is 1. The molecule has 0 fully saturated rings. The van der Waals surface area contributed by atoms with Crippen LogP contribution >= 0.6 is 23.6 Å². The Morgan fingerprint density at radius 1 is 1.09 bits per heavy atom. The van der Waals surface area contributed by atoms with Gasteiger partial charge in [-0.1, -0.05) is 6.07 Å². The smallest absolute Gasteiger partial charge is 0.226 e. The number of H-pyrrole nitrogens is 1. The van der Waals surface area contributed by atoms with Crippen LogP contribution in [0.4, 0.5) is 5.69 Å². The highest BCUT2D eigenvalue weighted by Gasteiger charge is 2.11. The first-order chi connectivity index (χ1) is 15.6. The Balaban J connectivity index is 1.32. The van der Waals surface area contributed by atoms with E-state index in [1.807, 2.05) is 77.5 Å². The summed E-state index contributed by atoms with van der Waals surface area (Å²) in [7, 11) is 0. The van der Waals surface area contributed by atoms with Gasteiger partial charge in [0, 0.05) is 18.7 Å². The van der Waals surface area contributed by atoms with E-state index in [2.05, 4.69) is 15.5 Å². The Hall–Kier alpha value is -3.43. The van der Waals surface area contributed by atoms with Crippen LogP contribution in [0.5, 0.6) is 17.2 Å². The lowest BCUT2D eigenvalue weighted by molar-refractivity contribution is -0.116. The minimum Gasteiger partial charge on any atom is -0.494 e. The number of aromatic nitrogens is 3. The summed E-state index contributed by atoms with van der Waals surface area (Å²) in [6.45, 7) is 3.01. The van der Waals surface area contributed by atoms with Gasteiger partial charge >= 0.3 is 0 Å². The molecule has 4 rings (SSSR count). The number of rotatable bonds is 9. The Kier molecular flexibility index (Phi) is 6.98. The molecule has 0 saturated carbocycles. The zero-order valence-electron chi connectivity index (χ0n) is 17.4. The van der Waals surface area contributed by atoms with Crippen LogP contribution in [0.25, 0.3) is 10.7 Å². The third-order valence-electron chi connectivity index (χ3n) is 4.57. The van der Waals surface area contributed by atoms with E-state index in [4.69, 9.17) is 21.7 Å². The van der Waals surface area contributed by atoms with Crippen molar-refractivity contribution in [2.24, 2.45) is 0 Å². The van der Waals surface area contributed by atoms with Gasteiger partial charge in [-0.25, -0.2) is 0 Å². The van der Waals surface area contributed by atoms with Crippen molar-refractivity contribution in [3.8, 4) is 28.0 Å². The minimum absolute atomic E-state index is 0.106. The Bertz CT molecular complexity index is 1210. The summed E-state index contributed by atoms with van der Waals surface area (Å²) in [5, 5.41) is 12.0. The minimum atomic E-state index is -0.106. The maximum atomic E-state index is 12.4. The lowest BCUT2D eigenvalue weighted by Crippen LogP contribution is -2.15. The first-order valence-corrected chi connectivity index (χ1v) is 11.4. The van der Waals surface area contributed by atoms with Gasteiger partial charge in [-0.3, -0.25) is 14.5 Å². The average Bonchev–Trinajstić information content (AvgIpc) is 3.45. The van der Waals surface area contributed by atoms with Gasteiger partial charge in [0.1, 0.15) is 17.2 Å². The van der Waals surface area contributed by atoms with Gasteiger partial charge in [0.05, 0.1) is 11.5 Å². The highest BCUT2D eigenvalue weighted by molar-refractivity contribution is 7.71. The van der Waals surface area contributed by atoms with Crippen molar-refractivity contribution in [2.75, 3.05) is 11.9 Å². The third-order valence-corrected chi connectivity index (χ3v) is 5.75. The van der Waals surface area contributed by atoms with Crippen molar-refractivity contribution in [3.05, 3.63) is 70.8 Å². The zero-order chi connectivity index (χ0) is 22.3. The molecule has 2 N–H and O–H groups in total. The molecule has 2 aromatic heterocycles. The summed E-state index contributed by atoms with van der Waals surface area (Å²) < 4.78 is 13.6. The average molecular weight is 467 g/mol. The van der Waals surface area contributed by atoms with Crippen LogP contribution in [-0.2, 0) is 11.3 Å². The van der Waals surface area contributed by atoms with Crippen LogP contribution in [0.15, 0.2) is 66.0 Å². The van der Waals surface area contributed by atoms with Crippen LogP contribution in [-0.4, -0.2) is 27.3 Å². The van der Waals surface area contributed by atoms with Gasteiger partial charge in [0.15, 0.2) is 10.6 Å². The number of anilines is 1. The van der Waals surface area contributed by atoms with Gasteiger partial charge in [-0.15, -0.1) is 11.3 Å². The molecule has 0 atom stereocenters. The third kappa shape index (κ3) is 5.43. The molecule has 0 unspecified atom stereocenters. The standard InChI is InChI=1S/C23H22N4O3S2/c1-2-29-17-9-11-19(12-10-17)30-18-7-5-16(6-8-18)24-21(28)13-14-27-22(25-26-23(27)31)20-4-3-15-32-20/h3-12,15H,2,13-14H2,1H3,(H,24,28)(H,26,31). The second-order valence-electron chi connectivity index (χ2n) is 6.81. The molecule has 0 spiro atoms. The number of thiophene rings is 1. The first-order valence-electron chi connectivity index (χ1n) is 10.1. The molecule has 0 bridgehead atoms. The van der Waals surface area contributed by atoms with Gasteiger partial charge in [0.2, 0.25) is 5.91 Å². The molecule has 7 nitrogen and oxygen atoms in total. The number of ether oxygens (including phenoxy) is 2. The largest absolute Gasteiger partial charge is 0.494 e. The van der Waals surface area contributed by atoms with E-state index < -0.39 is 0 Å². The maximum Gasteiger partial charge on any atom is 0.226 e. The number of nitrogens with zero attached hydrogens (tertiary/aromatic N) is 2. The van der Waals surface area contributed by atoms with E-state index in [1.54, 1.807) is 11.3 Å². The lowest BCUT2D eigenvalue weighted by atomic mass is 10.2. The molecule has 32 heavy (non-hydrogen) atoms. The Morgan fingerprint density at radius 3 is 2.44 bits per heavy atom. The summed E-state index contributed by atoms with van der Waals surface area (Å²) in [6, 6.07) is 18.6. The molecule has 9 heteroatoms. The fraction of sp³-hybridized carbons (Fsp3) is 0.174. The van der Waals surface area contributed by atoms with Crippen molar-refractivity contribution in [3.63, 3.8) is 0 Å². The van der Waals surface area contributed by atoms with E-state index in [9.17, 15) is 4.79 Å². The number of benzene rings is 2. The van der Waals surface area contributed by atoms with Crippen LogP contribution in [0.1, 0.15) is 13.3 Å². The van der Waals surface area contributed by atoms with Crippen LogP contribution in [0.3, 0.4) is 0 Å². The Labute approximate surface area is 194 Å². The zero-order valence-corrected chi connectivity index (χ0v) is 19.0. The van der Waals surface area contributed by atoms with Crippen molar-refractivity contribution in [1.82, 2.24) is 14.8 Å². The highest BCUT2D eigenvalue weighted by atomic mass is 32.1. The predicted octanol–water partition coefficient (Wildman–Crippen LogP) is 5.89. The lowest BCUT2D eigenvalue weighted by Gasteiger charge is -2.10. The molecule has 4 aromatic rings. The predicted molar refractivity (Wildman–Crippen MR) is 128 cm³/mol. The van der Waals surface area contributed by atoms with E-state index >= 15 is 0 Å². The van der Waals surface area contributed by atoms with Crippen LogP contribution in [0, 0.1) is 4.77 Å². The Morgan fingerprint density at radius 2 is 1.78 bits per heavy atom. The molecule has 0 radical (unpaired) electrons. The monoisotopic (exact) mass is 466 g/mol. The summed E-state index contributed by atoms with van der Waals surface area (Å²) in [5.41, 5.74) is 0.698. The second-order valence-corrected chi connectivity index (χ2v) is 8.14. The van der Waals surface area contributed by atoms with Gasteiger partial charge < -0.3 is 14.8 Å². The van der Waals surface area contributed by atoms with Gasteiger partial charge in [-0.05, 0) is 79.1 Å². The number of carbonyl (C=O) groups is 1. The highest BCUT2D eigenvalue weighted by Crippen LogP contribution is 2.26. The van der Waals surface area contributed by atoms with Crippen molar-refractivity contribution in [1.29, 1.82) is 0 Å². The van der Waals surface area contributed by atoms with Gasteiger partial charge in [0.25, 0.3) is 0 Å². The van der Waals surface area contributed by atoms with Crippen LogP contribution in [0.2, 0.25) is 0 Å². The molecular weight excluding hydrogens is 444 g/mol. The normalized spacial score (nSPS) is 10.7. The van der Waals surface area contributed by atoms with Gasteiger partial charge in [-0.2, -0.15) is 5.10 Å². The topological polar surface area (TPSA) is 81.2 Å². The first kappa shape index (κ1) is 21.8. The number of hydrogen-bond acceptors (Lipinski definition) is 6. The van der Waals surface area contributed by atoms with E-state index in [0.717, 1.165) is 16.5 Å². The number of carbonyl (C=O) groups excluding carboxylic acids is 1. The summed E-state index contributed by atoms with van der Waals surface area (Å²) in [4.78, 5) is 13.4. The van der Waals surface area contributed by atoms with Crippen molar-refractivity contribution < 1.29 is 14.3 Å². The van der Waals surface area contributed by atoms with Crippen molar-refractivity contribution in [2.45, 2.75) is 19.9 Å². The number of hydrogen-bond donors (Lipinski definition) is 2. The molecule has 1 amide bonds. The maximum absolute atomic E-state index is 12.4. The number of nitrogens with one attached hydrogen (secondary N) is 2. The quantitative estimate of drug-likeness (QED) is 0.301. The summed E-state index contributed by atoms with van der Waals surface area (Å²) >= 11 is 6.89. The summed E-state index contributed by atoms with van der Waals surface area (Å²) in [6.07, 6.45) is 0.274. The molecule has 0 aliphatic rings.